The van der Waals surface area contributed by atoms with Gasteiger partial charge < -0.3 is 38.9 Å². The van der Waals surface area contributed by atoms with Crippen LogP contribution in [0.3, 0.4) is 0 Å². The highest BCUT2D eigenvalue weighted by atomic mass is 35.5. The average molecular weight is 467 g/mol. The molecule has 31 heavy (non-hydrogen) atoms. The average Bonchev–Trinajstić information content (AvgIpc) is 2.77. The third-order valence-corrected chi connectivity index (χ3v) is 4.10. The van der Waals surface area contributed by atoms with E-state index in [9.17, 15) is 0 Å². The molecule has 0 amide bonds. The van der Waals surface area contributed by atoms with E-state index in [1.165, 1.54) is 0 Å². The van der Waals surface area contributed by atoms with Gasteiger partial charge in [-0.2, -0.15) is 0 Å². The van der Waals surface area contributed by atoms with Crippen molar-refractivity contribution in [2.45, 2.75) is 18.9 Å². The largest absolute Gasteiger partial charge is 0.382 e. The van der Waals surface area contributed by atoms with Gasteiger partial charge in [-0.25, -0.2) is 4.98 Å². The SMILES string of the molecule is COCCOCCOCC(COCCOCCOC)OCCCc1nnc(Cl)c(N)n1. The number of rotatable bonds is 21. The minimum Gasteiger partial charge on any atom is -0.382 e. The number of ether oxygens (including phenoxy) is 7. The van der Waals surface area contributed by atoms with Gasteiger partial charge in [-0.3, -0.25) is 0 Å². The van der Waals surface area contributed by atoms with Crippen LogP contribution in [-0.4, -0.2) is 108 Å². The van der Waals surface area contributed by atoms with Crippen LogP contribution >= 0.6 is 11.6 Å². The van der Waals surface area contributed by atoms with E-state index < -0.39 is 0 Å². The van der Waals surface area contributed by atoms with Gasteiger partial charge in [-0.1, -0.05) is 11.6 Å². The van der Waals surface area contributed by atoms with Gasteiger partial charge in [-0.05, 0) is 6.42 Å². The van der Waals surface area contributed by atoms with E-state index in [4.69, 9.17) is 50.5 Å². The summed E-state index contributed by atoms with van der Waals surface area (Å²) in [7, 11) is 3.27. The number of hydrogen-bond donors (Lipinski definition) is 1. The lowest BCUT2D eigenvalue weighted by Crippen LogP contribution is -2.28. The lowest BCUT2D eigenvalue weighted by atomic mass is 10.3. The number of halogens is 1. The number of anilines is 1. The fourth-order valence-electron chi connectivity index (χ4n) is 2.24. The summed E-state index contributed by atoms with van der Waals surface area (Å²) in [5, 5.41) is 7.77. The Labute approximate surface area is 188 Å². The first-order valence-electron chi connectivity index (χ1n) is 10.2. The molecule has 0 aromatic carbocycles. The second-order valence-electron chi connectivity index (χ2n) is 6.36. The first kappa shape index (κ1) is 27.9. The van der Waals surface area contributed by atoms with Gasteiger partial charge in [0.15, 0.2) is 16.8 Å². The standard InChI is InChI=1S/C19H35ClN4O7/c1-25-6-8-27-10-12-29-14-16(15-30-13-11-28-9-7-26-2)31-5-3-4-17-22-19(21)18(20)24-23-17/h16H,3-15H2,1-2H3,(H2,21,22,23). The second-order valence-corrected chi connectivity index (χ2v) is 6.72. The minimum atomic E-state index is -0.215. The molecule has 1 rings (SSSR count). The van der Waals surface area contributed by atoms with E-state index in [2.05, 4.69) is 15.2 Å². The van der Waals surface area contributed by atoms with Crippen LogP contribution in [0.5, 0.6) is 0 Å². The van der Waals surface area contributed by atoms with Gasteiger partial charge in [0.1, 0.15) is 6.10 Å². The molecule has 0 atom stereocenters. The van der Waals surface area contributed by atoms with Crippen LogP contribution in [0.25, 0.3) is 0 Å². The Morgan fingerprint density at radius 3 is 1.87 bits per heavy atom. The number of aromatic nitrogens is 3. The highest BCUT2D eigenvalue weighted by Gasteiger charge is 2.11. The zero-order chi connectivity index (χ0) is 22.6. The van der Waals surface area contributed by atoms with Crippen molar-refractivity contribution in [3.8, 4) is 0 Å². The Hall–Kier alpha value is -1.18. The number of nitrogens with two attached hydrogens (primary N) is 1. The number of methoxy groups -OCH3 is 2. The maximum absolute atomic E-state index is 5.90. The molecular formula is C19H35ClN4O7. The third-order valence-electron chi connectivity index (χ3n) is 3.83. The van der Waals surface area contributed by atoms with Crippen LogP contribution in [0.1, 0.15) is 12.2 Å². The van der Waals surface area contributed by atoms with Crippen LogP contribution in [0.4, 0.5) is 5.82 Å². The third kappa shape index (κ3) is 15.3. The molecule has 0 saturated heterocycles. The van der Waals surface area contributed by atoms with Crippen molar-refractivity contribution in [2.75, 3.05) is 92.6 Å². The summed E-state index contributed by atoms with van der Waals surface area (Å²) in [5.41, 5.74) is 5.64. The summed E-state index contributed by atoms with van der Waals surface area (Å²) in [6.45, 7) is 5.39. The Balaban J connectivity index is 2.25. The zero-order valence-electron chi connectivity index (χ0n) is 18.4. The van der Waals surface area contributed by atoms with E-state index in [1.54, 1.807) is 14.2 Å². The summed E-state index contributed by atoms with van der Waals surface area (Å²) in [6, 6.07) is 0. The lowest BCUT2D eigenvalue weighted by Gasteiger charge is -2.18. The zero-order valence-corrected chi connectivity index (χ0v) is 19.2. The van der Waals surface area contributed by atoms with Crippen molar-refractivity contribution in [3.05, 3.63) is 11.0 Å². The summed E-state index contributed by atoms with van der Waals surface area (Å²) < 4.78 is 37.8. The Bertz CT molecular complexity index is 542. The summed E-state index contributed by atoms with van der Waals surface area (Å²) in [5.74, 6) is 0.698. The molecule has 0 aliphatic carbocycles. The van der Waals surface area contributed by atoms with E-state index in [0.717, 1.165) is 0 Å². The van der Waals surface area contributed by atoms with Crippen molar-refractivity contribution < 1.29 is 33.2 Å². The van der Waals surface area contributed by atoms with Gasteiger partial charge in [0, 0.05) is 27.2 Å². The summed E-state index contributed by atoms with van der Waals surface area (Å²) in [6.07, 6.45) is 1.05. The van der Waals surface area contributed by atoms with Gasteiger partial charge >= 0.3 is 0 Å². The van der Waals surface area contributed by atoms with Gasteiger partial charge in [0.05, 0.1) is 66.1 Å². The molecule has 0 saturated carbocycles. The fraction of sp³-hybridized carbons (Fsp3) is 0.842. The number of aryl methyl sites for hydroxylation is 1. The quantitative estimate of drug-likeness (QED) is 0.258. The van der Waals surface area contributed by atoms with Crippen LogP contribution in [0.2, 0.25) is 5.15 Å². The molecule has 2 N–H and O–H groups in total. The molecule has 1 aromatic rings. The van der Waals surface area contributed by atoms with E-state index >= 15 is 0 Å². The molecule has 0 bridgehead atoms. The van der Waals surface area contributed by atoms with Crippen molar-refractivity contribution in [1.29, 1.82) is 0 Å². The van der Waals surface area contributed by atoms with Crippen LogP contribution < -0.4 is 5.73 Å². The first-order chi connectivity index (χ1) is 15.2. The molecule has 0 aliphatic heterocycles. The van der Waals surface area contributed by atoms with E-state index in [1.807, 2.05) is 0 Å². The molecule has 180 valence electrons. The smallest absolute Gasteiger partial charge is 0.193 e. The van der Waals surface area contributed by atoms with Gasteiger partial charge in [0.25, 0.3) is 0 Å². The molecule has 0 spiro atoms. The fourth-order valence-corrected chi connectivity index (χ4v) is 2.32. The van der Waals surface area contributed by atoms with Crippen molar-refractivity contribution in [3.63, 3.8) is 0 Å². The molecule has 0 radical (unpaired) electrons. The van der Waals surface area contributed by atoms with Crippen LogP contribution in [0.15, 0.2) is 0 Å². The summed E-state index contributed by atoms with van der Waals surface area (Å²) in [4.78, 5) is 4.09. The molecule has 0 aliphatic rings. The Morgan fingerprint density at radius 2 is 1.32 bits per heavy atom. The predicted molar refractivity (Wildman–Crippen MR) is 114 cm³/mol. The monoisotopic (exact) mass is 466 g/mol. The predicted octanol–water partition coefficient (Wildman–Crippen LogP) is 0.784. The van der Waals surface area contributed by atoms with Gasteiger partial charge in [0.2, 0.25) is 0 Å². The molecule has 1 heterocycles. The van der Waals surface area contributed by atoms with Crippen LogP contribution in [-0.2, 0) is 39.6 Å². The van der Waals surface area contributed by atoms with Crippen molar-refractivity contribution in [1.82, 2.24) is 15.2 Å². The van der Waals surface area contributed by atoms with Gasteiger partial charge in [-0.15, -0.1) is 10.2 Å². The van der Waals surface area contributed by atoms with Crippen molar-refractivity contribution in [2.24, 2.45) is 0 Å². The second kappa shape index (κ2) is 19.5. The maximum Gasteiger partial charge on any atom is 0.193 e. The molecule has 0 fully saturated rings. The number of hydrogen-bond acceptors (Lipinski definition) is 11. The Morgan fingerprint density at radius 1 is 0.774 bits per heavy atom. The maximum atomic E-state index is 5.90. The molecular weight excluding hydrogens is 432 g/mol. The lowest BCUT2D eigenvalue weighted by molar-refractivity contribution is -0.0751. The normalized spacial score (nSPS) is 11.5. The summed E-state index contributed by atoms with van der Waals surface area (Å²) >= 11 is 5.73. The van der Waals surface area contributed by atoms with E-state index in [-0.39, 0.29) is 17.1 Å². The highest BCUT2D eigenvalue weighted by molar-refractivity contribution is 6.31. The molecule has 12 heteroatoms. The van der Waals surface area contributed by atoms with Crippen LogP contribution in [0, 0.1) is 0 Å². The minimum absolute atomic E-state index is 0.103. The topological polar surface area (TPSA) is 129 Å². The molecule has 11 nitrogen and oxygen atoms in total. The van der Waals surface area contributed by atoms with E-state index in [0.29, 0.717) is 91.3 Å². The highest BCUT2D eigenvalue weighted by Crippen LogP contribution is 2.10. The molecule has 1 aromatic heterocycles. The number of nitrogen functional groups attached to an aromatic ring is 1. The number of nitrogens with zero attached hydrogens (tertiary/aromatic N) is 3. The first-order valence-corrected chi connectivity index (χ1v) is 10.6. The Kier molecular flexibility index (Phi) is 17.5. The molecule has 0 unspecified atom stereocenters. The van der Waals surface area contributed by atoms with Crippen molar-refractivity contribution >= 4 is 17.4 Å².